The standard InChI is InChI=1S/C11H9N3O5/c15-11(13-6-5-12-8-13)19-18-7-9-3-1-2-4-10(9)14(16)17/h1-6,8H,7H2. The molecule has 19 heavy (non-hydrogen) atoms. The first kappa shape index (κ1) is 12.7. The monoisotopic (exact) mass is 263 g/mol. The summed E-state index contributed by atoms with van der Waals surface area (Å²) in [5.41, 5.74) is 0.215. The molecular formula is C11H9N3O5. The van der Waals surface area contributed by atoms with Crippen LogP contribution in [0, 0.1) is 10.1 Å². The minimum Gasteiger partial charge on any atom is -0.274 e. The van der Waals surface area contributed by atoms with Crippen LogP contribution in [0.15, 0.2) is 43.0 Å². The van der Waals surface area contributed by atoms with E-state index in [0.717, 1.165) is 4.57 Å². The van der Waals surface area contributed by atoms with E-state index in [1.54, 1.807) is 12.1 Å². The molecule has 0 spiro atoms. The number of para-hydroxylation sites is 1. The van der Waals surface area contributed by atoms with E-state index in [9.17, 15) is 14.9 Å². The number of carbonyl (C=O) groups excluding carboxylic acids is 1. The third-order valence-electron chi connectivity index (χ3n) is 2.25. The van der Waals surface area contributed by atoms with Gasteiger partial charge < -0.3 is 0 Å². The first-order chi connectivity index (χ1) is 9.18. The van der Waals surface area contributed by atoms with Crippen molar-refractivity contribution in [3.8, 4) is 0 Å². The molecule has 8 heteroatoms. The van der Waals surface area contributed by atoms with E-state index < -0.39 is 11.0 Å². The van der Waals surface area contributed by atoms with Crippen LogP contribution in [0.5, 0.6) is 0 Å². The number of hydrogen-bond donors (Lipinski definition) is 0. The van der Waals surface area contributed by atoms with Crippen molar-refractivity contribution in [3.05, 3.63) is 58.7 Å². The minimum absolute atomic E-state index is 0.0961. The van der Waals surface area contributed by atoms with Crippen molar-refractivity contribution in [2.75, 3.05) is 0 Å². The molecule has 0 radical (unpaired) electrons. The molecule has 1 aromatic heterocycles. The molecule has 2 aromatic rings. The van der Waals surface area contributed by atoms with Gasteiger partial charge in [0, 0.05) is 18.5 Å². The largest absolute Gasteiger partial charge is 0.450 e. The van der Waals surface area contributed by atoms with Crippen LogP contribution >= 0.6 is 0 Å². The highest BCUT2D eigenvalue weighted by Gasteiger charge is 2.13. The zero-order chi connectivity index (χ0) is 13.7. The lowest BCUT2D eigenvalue weighted by atomic mass is 10.2. The lowest BCUT2D eigenvalue weighted by Crippen LogP contribution is -2.12. The van der Waals surface area contributed by atoms with Crippen LogP contribution in [0.25, 0.3) is 0 Å². The lowest BCUT2D eigenvalue weighted by molar-refractivity contribution is -0.386. The van der Waals surface area contributed by atoms with E-state index in [4.69, 9.17) is 4.89 Å². The molecule has 2 rings (SSSR count). The number of benzene rings is 1. The van der Waals surface area contributed by atoms with Crippen molar-refractivity contribution < 1.29 is 19.5 Å². The summed E-state index contributed by atoms with van der Waals surface area (Å²) in [4.78, 5) is 34.4. The van der Waals surface area contributed by atoms with Gasteiger partial charge in [0.15, 0.2) is 0 Å². The molecule has 8 nitrogen and oxygen atoms in total. The maximum atomic E-state index is 11.4. The Morgan fingerprint density at radius 1 is 1.42 bits per heavy atom. The van der Waals surface area contributed by atoms with Gasteiger partial charge in [-0.3, -0.25) is 15.0 Å². The second kappa shape index (κ2) is 5.74. The van der Waals surface area contributed by atoms with Crippen molar-refractivity contribution in [1.82, 2.24) is 9.55 Å². The van der Waals surface area contributed by atoms with Crippen LogP contribution < -0.4 is 0 Å². The fourth-order valence-corrected chi connectivity index (χ4v) is 1.36. The molecule has 1 aromatic carbocycles. The average Bonchev–Trinajstić information content (AvgIpc) is 2.93. The predicted octanol–water partition coefficient (Wildman–Crippen LogP) is 1.91. The van der Waals surface area contributed by atoms with Gasteiger partial charge in [0.2, 0.25) is 0 Å². The second-order valence-corrected chi connectivity index (χ2v) is 3.47. The Morgan fingerprint density at radius 2 is 2.21 bits per heavy atom. The van der Waals surface area contributed by atoms with Gasteiger partial charge in [-0.25, -0.2) is 14.3 Å². The Morgan fingerprint density at radius 3 is 2.89 bits per heavy atom. The van der Waals surface area contributed by atoms with Crippen molar-refractivity contribution >= 4 is 11.8 Å². The highest BCUT2D eigenvalue weighted by molar-refractivity contribution is 5.69. The predicted molar refractivity (Wildman–Crippen MR) is 62.0 cm³/mol. The average molecular weight is 263 g/mol. The maximum Gasteiger partial charge on any atom is 0.450 e. The molecule has 0 amide bonds. The summed E-state index contributed by atoms with van der Waals surface area (Å²) < 4.78 is 1.07. The molecule has 0 atom stereocenters. The van der Waals surface area contributed by atoms with Crippen molar-refractivity contribution in [2.24, 2.45) is 0 Å². The van der Waals surface area contributed by atoms with E-state index in [0.29, 0.717) is 5.56 Å². The van der Waals surface area contributed by atoms with Gasteiger partial charge in [0.25, 0.3) is 5.69 Å². The second-order valence-electron chi connectivity index (χ2n) is 3.47. The highest BCUT2D eigenvalue weighted by Crippen LogP contribution is 2.18. The fraction of sp³-hybridized carbons (Fsp3) is 0.0909. The van der Waals surface area contributed by atoms with Gasteiger partial charge in [0.05, 0.1) is 10.5 Å². The van der Waals surface area contributed by atoms with E-state index >= 15 is 0 Å². The molecule has 0 N–H and O–H groups in total. The Kier molecular flexibility index (Phi) is 3.84. The summed E-state index contributed by atoms with van der Waals surface area (Å²) in [5.74, 6) is 0. The van der Waals surface area contributed by atoms with E-state index in [1.807, 2.05) is 0 Å². The number of nitro groups is 1. The van der Waals surface area contributed by atoms with Crippen molar-refractivity contribution in [3.63, 3.8) is 0 Å². The van der Waals surface area contributed by atoms with E-state index in [1.165, 1.54) is 30.9 Å². The molecule has 0 aliphatic heterocycles. The molecule has 0 saturated heterocycles. The summed E-state index contributed by atoms with van der Waals surface area (Å²) in [6.45, 7) is -0.211. The van der Waals surface area contributed by atoms with Crippen LogP contribution in [-0.2, 0) is 16.4 Å². The molecule has 0 unspecified atom stereocenters. The topological polar surface area (TPSA) is 96.5 Å². The summed E-state index contributed by atoms with van der Waals surface area (Å²) in [6.07, 6.45) is 3.26. The normalized spacial score (nSPS) is 10.1. The summed E-state index contributed by atoms with van der Waals surface area (Å²) in [5, 5.41) is 10.7. The molecule has 0 aliphatic carbocycles. The molecule has 0 aliphatic rings. The summed E-state index contributed by atoms with van der Waals surface area (Å²) in [7, 11) is 0. The number of rotatable bonds is 4. The zero-order valence-corrected chi connectivity index (χ0v) is 9.63. The first-order valence-corrected chi connectivity index (χ1v) is 5.22. The lowest BCUT2D eigenvalue weighted by Gasteiger charge is -2.04. The van der Waals surface area contributed by atoms with Gasteiger partial charge in [0.1, 0.15) is 12.9 Å². The van der Waals surface area contributed by atoms with Crippen LogP contribution in [0.3, 0.4) is 0 Å². The van der Waals surface area contributed by atoms with Crippen LogP contribution in [0.2, 0.25) is 0 Å². The quantitative estimate of drug-likeness (QED) is 0.475. The van der Waals surface area contributed by atoms with Gasteiger partial charge in [-0.05, 0) is 6.07 Å². The Bertz CT molecular complexity index is 582. The smallest absolute Gasteiger partial charge is 0.274 e. The number of aromatic nitrogens is 2. The third kappa shape index (κ3) is 3.13. The van der Waals surface area contributed by atoms with Gasteiger partial charge in [-0.1, -0.05) is 12.1 Å². The number of nitrogens with zero attached hydrogens (tertiary/aromatic N) is 3. The van der Waals surface area contributed by atoms with E-state index in [2.05, 4.69) is 9.87 Å². The summed E-state index contributed by atoms with van der Waals surface area (Å²) in [6, 6.07) is 6.03. The molecule has 0 fully saturated rings. The number of imidazole rings is 1. The first-order valence-electron chi connectivity index (χ1n) is 5.22. The van der Waals surface area contributed by atoms with Crippen molar-refractivity contribution in [1.29, 1.82) is 0 Å². The fourth-order valence-electron chi connectivity index (χ4n) is 1.36. The Labute approximate surface area is 107 Å². The van der Waals surface area contributed by atoms with Gasteiger partial charge in [-0.15, -0.1) is 0 Å². The number of nitro benzene ring substituents is 1. The summed E-state index contributed by atoms with van der Waals surface area (Å²) >= 11 is 0. The number of carbonyl (C=O) groups is 1. The third-order valence-corrected chi connectivity index (χ3v) is 2.25. The SMILES string of the molecule is O=C(OOCc1ccccc1[N+](=O)[O-])n1ccnc1. The molecule has 1 heterocycles. The van der Waals surface area contributed by atoms with Crippen LogP contribution in [-0.4, -0.2) is 20.6 Å². The Balaban J connectivity index is 1.93. The highest BCUT2D eigenvalue weighted by atomic mass is 17.2. The van der Waals surface area contributed by atoms with Gasteiger partial charge in [-0.2, -0.15) is 4.89 Å². The zero-order valence-electron chi connectivity index (χ0n) is 9.63. The van der Waals surface area contributed by atoms with Gasteiger partial charge >= 0.3 is 6.09 Å². The van der Waals surface area contributed by atoms with E-state index in [-0.39, 0.29) is 12.3 Å². The van der Waals surface area contributed by atoms with Crippen LogP contribution in [0.4, 0.5) is 10.5 Å². The molecule has 0 saturated carbocycles. The van der Waals surface area contributed by atoms with Crippen molar-refractivity contribution in [2.45, 2.75) is 6.61 Å². The van der Waals surface area contributed by atoms with Crippen LogP contribution in [0.1, 0.15) is 5.56 Å². The molecule has 98 valence electrons. The Hall–Kier alpha value is -2.74. The number of hydrogen-bond acceptors (Lipinski definition) is 6. The minimum atomic E-state index is -0.781. The maximum absolute atomic E-state index is 11.4. The molecule has 0 bridgehead atoms. The molecular weight excluding hydrogens is 254 g/mol.